The van der Waals surface area contributed by atoms with Gasteiger partial charge in [0.15, 0.2) is 11.6 Å². The lowest BCUT2D eigenvalue weighted by Crippen LogP contribution is -2.54. The zero-order valence-electron chi connectivity index (χ0n) is 29.1. The van der Waals surface area contributed by atoms with E-state index in [1.165, 1.54) is 62.5 Å². The van der Waals surface area contributed by atoms with E-state index >= 15 is 0 Å². The molecule has 0 aromatic carbocycles. The van der Waals surface area contributed by atoms with Crippen LogP contribution in [0.1, 0.15) is 104 Å². The summed E-state index contributed by atoms with van der Waals surface area (Å²) in [6, 6.07) is 0. The number of ketones is 2. The first kappa shape index (κ1) is 31.0. The highest BCUT2D eigenvalue weighted by atomic mass is 16.5. The summed E-state index contributed by atoms with van der Waals surface area (Å²) >= 11 is 0. The maximum absolute atomic E-state index is 11.9. The van der Waals surface area contributed by atoms with Crippen LogP contribution in [-0.4, -0.2) is 36.0 Å². The van der Waals surface area contributed by atoms with Gasteiger partial charge in [0.05, 0.1) is 24.4 Å². The number of carbonyl (C=O) groups excluding carboxylic acids is 2. The summed E-state index contributed by atoms with van der Waals surface area (Å²) in [5.41, 5.74) is 3.46. The number of rotatable bonds is 0. The highest BCUT2D eigenvalue weighted by Gasteiger charge is 2.65. The lowest BCUT2D eigenvalue weighted by molar-refractivity contribution is -0.123. The highest BCUT2D eigenvalue weighted by molar-refractivity contribution is 5.92. The fourth-order valence-corrected chi connectivity index (χ4v) is 14.3. The molecule has 2 aliphatic heterocycles. The van der Waals surface area contributed by atoms with Gasteiger partial charge in [-0.1, -0.05) is 62.8 Å². The molecule has 2 spiro atoms. The van der Waals surface area contributed by atoms with Crippen LogP contribution in [0.2, 0.25) is 0 Å². The molecule has 5 saturated carbocycles. The summed E-state index contributed by atoms with van der Waals surface area (Å²) in [6.07, 6.45) is 33.0. The minimum atomic E-state index is 0.00905. The van der Waals surface area contributed by atoms with E-state index < -0.39 is 0 Å². The zero-order valence-corrected chi connectivity index (χ0v) is 29.1. The zero-order chi connectivity index (χ0) is 32.2. The third-order valence-electron chi connectivity index (χ3n) is 16.5. The molecule has 2 heterocycles. The first-order valence-electron chi connectivity index (χ1n) is 19.5. The molecular formula is C43H56O4. The SMILES string of the molecule is CC1CC2=CC(=O)CC[C@@H]2C2CC[C@@]3(C)C(CC[C@@]34C=CCO4)C12.C[C@]12CCC3C(C=CC4=CC(=O)CC[C@@H]43)C1CC[C@@]21C=CCO1. The summed E-state index contributed by atoms with van der Waals surface area (Å²) in [6.45, 7) is 9.07. The molecule has 252 valence electrons. The van der Waals surface area contributed by atoms with Crippen molar-refractivity contribution in [3.8, 4) is 0 Å². The second-order valence-corrected chi connectivity index (χ2v) is 18.0. The number of fused-ring (bicyclic) bond motifs is 12. The molecule has 10 rings (SSSR count). The Balaban J connectivity index is 0.000000129. The third kappa shape index (κ3) is 4.38. The van der Waals surface area contributed by atoms with Crippen LogP contribution in [0, 0.1) is 64.1 Å². The fraction of sp³-hybridized carbons (Fsp3) is 0.721. The van der Waals surface area contributed by atoms with E-state index in [0.29, 0.717) is 40.7 Å². The van der Waals surface area contributed by atoms with Gasteiger partial charge in [0, 0.05) is 23.7 Å². The van der Waals surface area contributed by atoms with Crippen LogP contribution in [0.3, 0.4) is 0 Å². The molecule has 0 aromatic rings. The highest BCUT2D eigenvalue weighted by Crippen LogP contribution is 2.68. The Morgan fingerprint density at radius 3 is 2.00 bits per heavy atom. The van der Waals surface area contributed by atoms with E-state index in [0.717, 1.165) is 74.9 Å². The summed E-state index contributed by atoms with van der Waals surface area (Å²) < 4.78 is 12.6. The standard InChI is InChI=1S/C22H30O2.C21H26O2/c1-14-12-15-13-16(23)4-5-17(15)18-6-9-21(2)19(20(14)18)7-10-22(21)8-3-11-24-22;1-20-10-7-17-16-6-4-15(22)13-14(16)3-5-18(17)19(20)8-11-21(20)9-2-12-23-21/h3,8,13-14,17-20H,4-7,9-12H2,1-2H3;2-3,5,9,13,16-19H,4,6-8,10-12H2,1H3/t14?,17-,18?,19?,20?,21-,22-;16-,17?,18?,19?,20-,21-/m00/s1. The molecule has 10 aliphatic rings. The lowest BCUT2D eigenvalue weighted by Gasteiger charge is -2.57. The van der Waals surface area contributed by atoms with Crippen LogP contribution < -0.4 is 0 Å². The van der Waals surface area contributed by atoms with Crippen LogP contribution in [0.15, 0.2) is 59.8 Å². The Morgan fingerprint density at radius 2 is 1.32 bits per heavy atom. The van der Waals surface area contributed by atoms with Crippen LogP contribution >= 0.6 is 0 Å². The van der Waals surface area contributed by atoms with E-state index in [-0.39, 0.29) is 16.6 Å². The van der Waals surface area contributed by atoms with Crippen molar-refractivity contribution < 1.29 is 19.1 Å². The van der Waals surface area contributed by atoms with E-state index in [1.54, 1.807) is 0 Å². The molecule has 7 unspecified atom stereocenters. The van der Waals surface area contributed by atoms with Crippen molar-refractivity contribution >= 4 is 11.6 Å². The maximum atomic E-state index is 11.9. The van der Waals surface area contributed by atoms with Crippen LogP contribution in [-0.2, 0) is 19.1 Å². The largest absolute Gasteiger partial charge is 0.366 e. The Hall–Kier alpha value is -2.04. The Kier molecular flexibility index (Phi) is 7.24. The quantitative estimate of drug-likeness (QED) is 0.249. The van der Waals surface area contributed by atoms with Crippen molar-refractivity contribution in [1.29, 1.82) is 0 Å². The van der Waals surface area contributed by atoms with E-state index in [2.05, 4.69) is 57.2 Å². The Morgan fingerprint density at radius 1 is 0.702 bits per heavy atom. The van der Waals surface area contributed by atoms with Crippen molar-refractivity contribution in [3.05, 3.63) is 59.8 Å². The molecule has 0 bridgehead atoms. The van der Waals surface area contributed by atoms with E-state index in [4.69, 9.17) is 9.47 Å². The number of carbonyl (C=O) groups is 2. The van der Waals surface area contributed by atoms with Gasteiger partial charge < -0.3 is 9.47 Å². The van der Waals surface area contributed by atoms with E-state index in [9.17, 15) is 9.59 Å². The summed E-state index contributed by atoms with van der Waals surface area (Å²) in [5.74, 6) is 7.35. The molecule has 0 N–H and O–H groups in total. The number of ether oxygens (including phenoxy) is 2. The molecule has 47 heavy (non-hydrogen) atoms. The molecule has 0 aromatic heterocycles. The first-order chi connectivity index (χ1) is 22.7. The van der Waals surface area contributed by atoms with Crippen LogP contribution in [0.4, 0.5) is 0 Å². The Bertz CT molecular complexity index is 1500. The molecular weight excluding hydrogens is 580 g/mol. The maximum Gasteiger partial charge on any atom is 0.155 e. The van der Waals surface area contributed by atoms with Gasteiger partial charge in [-0.05, 0) is 142 Å². The average Bonchev–Trinajstić information content (AvgIpc) is 3.86. The number of hydrogen-bond acceptors (Lipinski definition) is 4. The third-order valence-corrected chi connectivity index (χ3v) is 16.5. The molecule has 0 amide bonds. The fourth-order valence-electron chi connectivity index (χ4n) is 14.3. The van der Waals surface area contributed by atoms with Crippen LogP contribution in [0.5, 0.6) is 0 Å². The van der Waals surface area contributed by atoms with Crippen molar-refractivity contribution in [1.82, 2.24) is 0 Å². The van der Waals surface area contributed by atoms with E-state index in [1.807, 2.05) is 12.2 Å². The van der Waals surface area contributed by atoms with Gasteiger partial charge in [-0.25, -0.2) is 0 Å². The summed E-state index contributed by atoms with van der Waals surface area (Å²) in [4.78, 5) is 23.6. The monoisotopic (exact) mass is 636 g/mol. The Labute approximate surface area is 282 Å². The average molecular weight is 637 g/mol. The molecule has 0 saturated heterocycles. The summed E-state index contributed by atoms with van der Waals surface area (Å²) in [5, 5.41) is 0. The van der Waals surface area contributed by atoms with Gasteiger partial charge in [-0.15, -0.1) is 0 Å². The second-order valence-electron chi connectivity index (χ2n) is 18.0. The van der Waals surface area contributed by atoms with Gasteiger partial charge in [-0.2, -0.15) is 0 Å². The smallest absolute Gasteiger partial charge is 0.155 e. The molecule has 8 aliphatic carbocycles. The molecule has 13 atom stereocenters. The molecule has 4 heteroatoms. The van der Waals surface area contributed by atoms with Crippen molar-refractivity contribution in [2.75, 3.05) is 13.2 Å². The molecule has 0 radical (unpaired) electrons. The van der Waals surface area contributed by atoms with Crippen molar-refractivity contribution in [2.24, 2.45) is 64.1 Å². The minimum absolute atomic E-state index is 0.00905. The summed E-state index contributed by atoms with van der Waals surface area (Å²) in [7, 11) is 0. The lowest BCUT2D eigenvalue weighted by atomic mass is 9.48. The van der Waals surface area contributed by atoms with Gasteiger partial charge in [0.25, 0.3) is 0 Å². The van der Waals surface area contributed by atoms with Crippen LogP contribution in [0.25, 0.3) is 0 Å². The van der Waals surface area contributed by atoms with Gasteiger partial charge in [0.1, 0.15) is 0 Å². The predicted molar refractivity (Wildman–Crippen MR) is 184 cm³/mol. The minimum Gasteiger partial charge on any atom is -0.366 e. The first-order valence-corrected chi connectivity index (χ1v) is 19.5. The predicted octanol–water partition coefficient (Wildman–Crippen LogP) is 8.93. The number of allylic oxidation sites excluding steroid dienone is 5. The van der Waals surface area contributed by atoms with Gasteiger partial charge >= 0.3 is 0 Å². The van der Waals surface area contributed by atoms with Crippen molar-refractivity contribution in [3.63, 3.8) is 0 Å². The van der Waals surface area contributed by atoms with Crippen molar-refractivity contribution in [2.45, 2.75) is 115 Å². The number of hydrogen-bond donors (Lipinski definition) is 0. The normalized spacial score (nSPS) is 51.8. The second kappa shape index (κ2) is 11.0. The van der Waals surface area contributed by atoms with Gasteiger partial charge in [-0.3, -0.25) is 9.59 Å². The van der Waals surface area contributed by atoms with Gasteiger partial charge in [0.2, 0.25) is 0 Å². The topological polar surface area (TPSA) is 52.6 Å². The molecule has 5 fully saturated rings. The molecule has 4 nitrogen and oxygen atoms in total.